The Morgan fingerprint density at radius 1 is 1.25 bits per heavy atom. The van der Waals surface area contributed by atoms with Crippen molar-refractivity contribution in [1.82, 2.24) is 15.2 Å². The topological polar surface area (TPSA) is 45.2 Å². The predicted molar refractivity (Wildman–Crippen MR) is 97.9 cm³/mol. The molecule has 1 saturated heterocycles. The van der Waals surface area contributed by atoms with E-state index in [0.29, 0.717) is 6.42 Å². The number of nitrogens with zero attached hydrogens (tertiary/aromatic N) is 2. The monoisotopic (exact) mass is 325 g/mol. The molecule has 1 fully saturated rings. The Kier molecular flexibility index (Phi) is 5.81. The lowest BCUT2D eigenvalue weighted by atomic mass is 9.99. The van der Waals surface area contributed by atoms with E-state index in [9.17, 15) is 4.79 Å². The first-order valence-corrected chi connectivity index (χ1v) is 9.04. The second-order valence-electron chi connectivity index (χ2n) is 6.90. The summed E-state index contributed by atoms with van der Waals surface area (Å²) in [5.74, 6) is 0.954. The summed E-state index contributed by atoms with van der Waals surface area (Å²) < 4.78 is 0. The summed E-state index contributed by atoms with van der Waals surface area (Å²) in [4.78, 5) is 19.1. The van der Waals surface area contributed by atoms with Gasteiger partial charge in [0.1, 0.15) is 0 Å². The first-order chi connectivity index (χ1) is 11.7. The van der Waals surface area contributed by atoms with Crippen LogP contribution in [0.25, 0.3) is 10.9 Å². The molecule has 0 unspecified atom stereocenters. The first-order valence-electron chi connectivity index (χ1n) is 9.04. The highest BCUT2D eigenvalue weighted by molar-refractivity contribution is 5.87. The Morgan fingerprint density at radius 2 is 2.04 bits per heavy atom. The fraction of sp³-hybridized carbons (Fsp3) is 0.500. The van der Waals surface area contributed by atoms with Crippen LogP contribution >= 0.6 is 0 Å². The summed E-state index contributed by atoms with van der Waals surface area (Å²) in [6.07, 6.45) is 5.81. The minimum absolute atomic E-state index is 0.0837. The SMILES string of the molecule is CC1CCN(CCCNC(=O)Cc2cccc3cccnc23)CC1. The van der Waals surface area contributed by atoms with Gasteiger partial charge in [0, 0.05) is 18.1 Å². The van der Waals surface area contributed by atoms with Crippen molar-refractivity contribution in [3.05, 3.63) is 42.1 Å². The Hall–Kier alpha value is -1.94. The van der Waals surface area contributed by atoms with Gasteiger partial charge >= 0.3 is 0 Å². The van der Waals surface area contributed by atoms with Gasteiger partial charge in [0.05, 0.1) is 11.9 Å². The lowest BCUT2D eigenvalue weighted by Crippen LogP contribution is -2.35. The third kappa shape index (κ3) is 4.54. The number of hydrogen-bond donors (Lipinski definition) is 1. The van der Waals surface area contributed by atoms with Crippen molar-refractivity contribution < 1.29 is 4.79 Å². The van der Waals surface area contributed by atoms with Crippen LogP contribution < -0.4 is 5.32 Å². The van der Waals surface area contributed by atoms with Crippen LogP contribution in [0.2, 0.25) is 0 Å². The number of aromatic nitrogens is 1. The number of amides is 1. The summed E-state index contributed by atoms with van der Waals surface area (Å²) in [6, 6.07) is 9.97. The van der Waals surface area contributed by atoms with Gasteiger partial charge in [-0.15, -0.1) is 0 Å². The van der Waals surface area contributed by atoms with Crippen molar-refractivity contribution in [2.75, 3.05) is 26.2 Å². The van der Waals surface area contributed by atoms with Crippen molar-refractivity contribution in [3.63, 3.8) is 0 Å². The van der Waals surface area contributed by atoms with Gasteiger partial charge in [-0.05, 0) is 56.4 Å². The van der Waals surface area contributed by atoms with E-state index in [1.165, 1.54) is 25.9 Å². The highest BCUT2D eigenvalue weighted by Gasteiger charge is 2.15. The minimum Gasteiger partial charge on any atom is -0.356 e. The van der Waals surface area contributed by atoms with Crippen molar-refractivity contribution in [2.24, 2.45) is 5.92 Å². The van der Waals surface area contributed by atoms with Gasteiger partial charge < -0.3 is 10.2 Å². The molecular formula is C20H27N3O. The number of nitrogens with one attached hydrogen (secondary N) is 1. The minimum atomic E-state index is 0.0837. The molecule has 1 aromatic carbocycles. The Balaban J connectivity index is 1.42. The molecule has 0 atom stereocenters. The Labute approximate surface area is 144 Å². The van der Waals surface area contributed by atoms with Gasteiger partial charge in [-0.1, -0.05) is 31.2 Å². The van der Waals surface area contributed by atoms with E-state index in [-0.39, 0.29) is 5.91 Å². The average molecular weight is 325 g/mol. The molecule has 1 aromatic heterocycles. The van der Waals surface area contributed by atoms with E-state index < -0.39 is 0 Å². The predicted octanol–water partition coefficient (Wildman–Crippen LogP) is 3.02. The summed E-state index contributed by atoms with van der Waals surface area (Å²) in [5.41, 5.74) is 1.92. The normalized spacial score (nSPS) is 16.4. The van der Waals surface area contributed by atoms with Crippen molar-refractivity contribution >= 4 is 16.8 Å². The van der Waals surface area contributed by atoms with Crippen LogP contribution in [0.5, 0.6) is 0 Å². The van der Waals surface area contributed by atoms with Gasteiger partial charge in [-0.2, -0.15) is 0 Å². The number of fused-ring (bicyclic) bond motifs is 1. The fourth-order valence-corrected chi connectivity index (χ4v) is 3.36. The third-order valence-electron chi connectivity index (χ3n) is 4.92. The smallest absolute Gasteiger partial charge is 0.224 e. The van der Waals surface area contributed by atoms with Gasteiger partial charge in [-0.3, -0.25) is 9.78 Å². The quantitative estimate of drug-likeness (QED) is 0.831. The summed E-state index contributed by atoms with van der Waals surface area (Å²) >= 11 is 0. The molecular weight excluding hydrogens is 298 g/mol. The molecule has 1 aliphatic heterocycles. The van der Waals surface area contributed by atoms with Crippen LogP contribution in [0.3, 0.4) is 0 Å². The maximum atomic E-state index is 12.2. The van der Waals surface area contributed by atoms with E-state index in [4.69, 9.17) is 0 Å². The van der Waals surface area contributed by atoms with Gasteiger partial charge in [-0.25, -0.2) is 0 Å². The molecule has 2 aromatic rings. The highest BCUT2D eigenvalue weighted by Crippen LogP contribution is 2.17. The van der Waals surface area contributed by atoms with Crippen LogP contribution in [0.1, 0.15) is 31.7 Å². The highest BCUT2D eigenvalue weighted by atomic mass is 16.1. The zero-order valence-corrected chi connectivity index (χ0v) is 14.5. The van der Waals surface area contributed by atoms with Gasteiger partial charge in [0.25, 0.3) is 0 Å². The molecule has 1 amide bonds. The second-order valence-corrected chi connectivity index (χ2v) is 6.90. The number of rotatable bonds is 6. The third-order valence-corrected chi connectivity index (χ3v) is 4.92. The van der Waals surface area contributed by atoms with Crippen molar-refractivity contribution in [2.45, 2.75) is 32.6 Å². The van der Waals surface area contributed by atoms with Crippen LogP contribution in [0, 0.1) is 5.92 Å². The fourth-order valence-electron chi connectivity index (χ4n) is 3.36. The lowest BCUT2D eigenvalue weighted by Gasteiger charge is -2.30. The van der Waals surface area contributed by atoms with Gasteiger partial charge in [0.15, 0.2) is 0 Å². The average Bonchev–Trinajstić information content (AvgIpc) is 2.61. The van der Waals surface area contributed by atoms with E-state index in [0.717, 1.165) is 41.9 Å². The zero-order valence-electron chi connectivity index (χ0n) is 14.5. The van der Waals surface area contributed by atoms with E-state index in [1.54, 1.807) is 6.20 Å². The van der Waals surface area contributed by atoms with Crippen LogP contribution in [0.4, 0.5) is 0 Å². The number of likely N-dealkylation sites (tertiary alicyclic amines) is 1. The number of para-hydroxylation sites is 1. The summed E-state index contributed by atoms with van der Waals surface area (Å²) in [6.45, 7) is 6.58. The van der Waals surface area contributed by atoms with E-state index in [2.05, 4.69) is 22.1 Å². The molecule has 1 aliphatic rings. The van der Waals surface area contributed by atoms with Crippen LogP contribution in [-0.2, 0) is 11.2 Å². The standard InChI is InChI=1S/C20H27N3O/c1-16-8-13-23(14-9-16)12-4-11-21-19(24)15-18-6-2-5-17-7-3-10-22-20(17)18/h2-3,5-7,10,16H,4,8-9,11-15H2,1H3,(H,21,24). The molecule has 3 rings (SSSR count). The molecule has 128 valence electrons. The molecule has 0 bridgehead atoms. The molecule has 4 heteroatoms. The number of carbonyl (C=O) groups excluding carboxylic acids is 1. The summed E-state index contributed by atoms with van der Waals surface area (Å²) in [7, 11) is 0. The number of benzene rings is 1. The number of pyridine rings is 1. The molecule has 1 N–H and O–H groups in total. The van der Waals surface area contributed by atoms with E-state index >= 15 is 0 Å². The number of hydrogen-bond acceptors (Lipinski definition) is 3. The number of carbonyl (C=O) groups is 1. The molecule has 0 aliphatic carbocycles. The molecule has 2 heterocycles. The summed E-state index contributed by atoms with van der Waals surface area (Å²) in [5, 5.41) is 4.14. The lowest BCUT2D eigenvalue weighted by molar-refractivity contribution is -0.120. The van der Waals surface area contributed by atoms with Gasteiger partial charge in [0.2, 0.25) is 5.91 Å². The Bertz CT molecular complexity index is 672. The number of piperidine rings is 1. The van der Waals surface area contributed by atoms with E-state index in [1.807, 2.05) is 30.3 Å². The second kappa shape index (κ2) is 8.25. The maximum Gasteiger partial charge on any atom is 0.224 e. The van der Waals surface area contributed by atoms with Crippen molar-refractivity contribution in [3.8, 4) is 0 Å². The van der Waals surface area contributed by atoms with Crippen molar-refractivity contribution in [1.29, 1.82) is 0 Å². The molecule has 0 radical (unpaired) electrons. The Morgan fingerprint density at radius 3 is 2.88 bits per heavy atom. The maximum absolute atomic E-state index is 12.2. The zero-order chi connectivity index (χ0) is 16.8. The molecule has 0 saturated carbocycles. The molecule has 24 heavy (non-hydrogen) atoms. The molecule has 0 spiro atoms. The first kappa shape index (κ1) is 16.9. The largest absolute Gasteiger partial charge is 0.356 e. The van der Waals surface area contributed by atoms with Crippen LogP contribution in [0.15, 0.2) is 36.5 Å². The molecule has 4 nitrogen and oxygen atoms in total. The van der Waals surface area contributed by atoms with Crippen LogP contribution in [-0.4, -0.2) is 42.0 Å².